The second kappa shape index (κ2) is 5.77. The predicted octanol–water partition coefficient (Wildman–Crippen LogP) is 3.74. The smallest absolute Gasteiger partial charge is 0.223 e. The molecule has 0 amide bonds. The Bertz CT molecular complexity index is 1000. The molecule has 0 aliphatic heterocycles. The van der Waals surface area contributed by atoms with Gasteiger partial charge in [0.1, 0.15) is 0 Å². The number of fused-ring (bicyclic) bond motifs is 1. The molecule has 0 saturated heterocycles. The van der Waals surface area contributed by atoms with E-state index in [4.69, 9.17) is 0 Å². The first kappa shape index (κ1) is 14.4. The van der Waals surface area contributed by atoms with Gasteiger partial charge in [-0.1, -0.05) is 30.3 Å². The minimum atomic E-state index is 0.609. The molecule has 0 unspecified atom stereocenters. The molecule has 0 aliphatic carbocycles. The van der Waals surface area contributed by atoms with E-state index in [-0.39, 0.29) is 0 Å². The minimum Gasteiger partial charge on any atom is -0.357 e. The van der Waals surface area contributed by atoms with Crippen LogP contribution in [-0.4, -0.2) is 26.6 Å². The van der Waals surface area contributed by atoms with Crippen molar-refractivity contribution in [2.24, 2.45) is 7.05 Å². The zero-order chi connectivity index (χ0) is 16.5. The summed E-state index contributed by atoms with van der Waals surface area (Å²) in [5.41, 5.74) is 5.02. The standard InChI is InChI=1S/C19H17N5/c1-20-19-22-16(13-6-4-3-5-7-13)10-17(23-19)15-12-24(2)18-11-21-9-8-14(15)18/h3-12H,1-2H3,(H,20,22,23). The monoisotopic (exact) mass is 315 g/mol. The Morgan fingerprint density at radius 1 is 1.00 bits per heavy atom. The summed E-state index contributed by atoms with van der Waals surface area (Å²) in [4.78, 5) is 13.5. The van der Waals surface area contributed by atoms with Gasteiger partial charge in [0.2, 0.25) is 5.95 Å². The Kier molecular flexibility index (Phi) is 3.46. The van der Waals surface area contributed by atoms with Gasteiger partial charge in [0.05, 0.1) is 23.1 Å². The third kappa shape index (κ3) is 2.40. The van der Waals surface area contributed by atoms with Crippen LogP contribution in [0.25, 0.3) is 33.4 Å². The predicted molar refractivity (Wildman–Crippen MR) is 96.7 cm³/mol. The highest BCUT2D eigenvalue weighted by Gasteiger charge is 2.13. The molecule has 1 aromatic carbocycles. The summed E-state index contributed by atoms with van der Waals surface area (Å²) in [5, 5.41) is 4.19. The lowest BCUT2D eigenvalue weighted by Gasteiger charge is -2.07. The maximum absolute atomic E-state index is 4.66. The van der Waals surface area contributed by atoms with E-state index in [0.717, 1.165) is 33.4 Å². The average Bonchev–Trinajstić information content (AvgIpc) is 2.99. The number of benzene rings is 1. The zero-order valence-electron chi connectivity index (χ0n) is 13.6. The summed E-state index contributed by atoms with van der Waals surface area (Å²) >= 11 is 0. The van der Waals surface area contributed by atoms with Gasteiger partial charge < -0.3 is 9.88 Å². The molecular weight excluding hydrogens is 298 g/mol. The summed E-state index contributed by atoms with van der Waals surface area (Å²) < 4.78 is 2.07. The fraction of sp³-hybridized carbons (Fsp3) is 0.105. The number of hydrogen-bond acceptors (Lipinski definition) is 4. The van der Waals surface area contributed by atoms with Crippen molar-refractivity contribution in [1.82, 2.24) is 19.5 Å². The molecule has 4 rings (SSSR count). The Morgan fingerprint density at radius 2 is 1.79 bits per heavy atom. The highest BCUT2D eigenvalue weighted by Crippen LogP contribution is 2.31. The Labute approximate surface area is 140 Å². The molecule has 4 aromatic rings. The van der Waals surface area contributed by atoms with Gasteiger partial charge in [-0.05, 0) is 12.1 Å². The lowest BCUT2D eigenvalue weighted by molar-refractivity contribution is 0.965. The van der Waals surface area contributed by atoms with E-state index in [1.807, 2.05) is 56.8 Å². The Morgan fingerprint density at radius 3 is 2.58 bits per heavy atom. The van der Waals surface area contributed by atoms with E-state index in [9.17, 15) is 0 Å². The molecule has 0 fully saturated rings. The number of aromatic nitrogens is 4. The second-order valence-electron chi connectivity index (χ2n) is 5.62. The van der Waals surface area contributed by atoms with E-state index in [0.29, 0.717) is 5.95 Å². The van der Waals surface area contributed by atoms with Crippen molar-refractivity contribution in [1.29, 1.82) is 0 Å². The molecule has 5 nitrogen and oxygen atoms in total. The Balaban J connectivity index is 1.94. The number of hydrogen-bond donors (Lipinski definition) is 1. The van der Waals surface area contributed by atoms with E-state index in [1.165, 1.54) is 0 Å². The molecular formula is C19H17N5. The van der Waals surface area contributed by atoms with Crippen LogP contribution >= 0.6 is 0 Å². The number of anilines is 1. The van der Waals surface area contributed by atoms with Crippen molar-refractivity contribution in [3.05, 3.63) is 61.1 Å². The summed E-state index contributed by atoms with van der Waals surface area (Å²) in [6, 6.07) is 14.2. The number of pyridine rings is 1. The van der Waals surface area contributed by atoms with Gasteiger partial charge >= 0.3 is 0 Å². The molecule has 0 aliphatic rings. The molecule has 3 aromatic heterocycles. The van der Waals surface area contributed by atoms with Gasteiger partial charge in [0.15, 0.2) is 0 Å². The van der Waals surface area contributed by atoms with Crippen molar-refractivity contribution in [3.8, 4) is 22.5 Å². The minimum absolute atomic E-state index is 0.609. The quantitative estimate of drug-likeness (QED) is 0.626. The number of nitrogens with zero attached hydrogens (tertiary/aromatic N) is 4. The molecule has 0 spiro atoms. The van der Waals surface area contributed by atoms with Crippen molar-refractivity contribution >= 4 is 16.9 Å². The topological polar surface area (TPSA) is 55.6 Å². The van der Waals surface area contributed by atoms with Crippen LogP contribution in [0, 0.1) is 0 Å². The zero-order valence-corrected chi connectivity index (χ0v) is 13.6. The van der Waals surface area contributed by atoms with E-state index >= 15 is 0 Å². The summed E-state index contributed by atoms with van der Waals surface area (Å²) in [5.74, 6) is 0.609. The first-order chi connectivity index (χ1) is 11.8. The van der Waals surface area contributed by atoms with Crippen LogP contribution in [0.4, 0.5) is 5.95 Å². The lowest BCUT2D eigenvalue weighted by Crippen LogP contribution is -1.99. The SMILES string of the molecule is CNc1nc(-c2ccccc2)cc(-c2cn(C)c3cnccc23)n1. The third-order valence-corrected chi connectivity index (χ3v) is 4.09. The molecule has 5 heteroatoms. The second-order valence-corrected chi connectivity index (χ2v) is 5.62. The van der Waals surface area contributed by atoms with Crippen LogP contribution in [-0.2, 0) is 7.05 Å². The van der Waals surface area contributed by atoms with E-state index < -0.39 is 0 Å². The van der Waals surface area contributed by atoms with Crippen molar-refractivity contribution in [2.45, 2.75) is 0 Å². The van der Waals surface area contributed by atoms with Crippen LogP contribution < -0.4 is 5.32 Å². The highest BCUT2D eigenvalue weighted by atomic mass is 15.1. The molecule has 0 radical (unpaired) electrons. The highest BCUT2D eigenvalue weighted by molar-refractivity contribution is 5.95. The summed E-state index contributed by atoms with van der Waals surface area (Å²) in [7, 11) is 3.85. The fourth-order valence-electron chi connectivity index (χ4n) is 2.89. The van der Waals surface area contributed by atoms with Gasteiger partial charge in [0, 0.05) is 43.0 Å². The lowest BCUT2D eigenvalue weighted by atomic mass is 10.1. The van der Waals surface area contributed by atoms with Gasteiger partial charge in [-0.25, -0.2) is 9.97 Å². The van der Waals surface area contributed by atoms with Crippen molar-refractivity contribution < 1.29 is 0 Å². The van der Waals surface area contributed by atoms with Crippen LogP contribution in [0.15, 0.2) is 61.1 Å². The fourth-order valence-corrected chi connectivity index (χ4v) is 2.89. The number of aryl methyl sites for hydroxylation is 1. The molecule has 1 N–H and O–H groups in total. The summed E-state index contributed by atoms with van der Waals surface area (Å²) in [6.07, 6.45) is 5.77. The van der Waals surface area contributed by atoms with Crippen molar-refractivity contribution in [3.63, 3.8) is 0 Å². The summed E-state index contributed by atoms with van der Waals surface area (Å²) in [6.45, 7) is 0. The largest absolute Gasteiger partial charge is 0.357 e. The van der Waals surface area contributed by atoms with E-state index in [2.05, 4.69) is 43.2 Å². The molecule has 0 saturated carbocycles. The van der Waals surface area contributed by atoms with Gasteiger partial charge in [-0.2, -0.15) is 0 Å². The van der Waals surface area contributed by atoms with E-state index in [1.54, 1.807) is 0 Å². The maximum atomic E-state index is 4.66. The van der Waals surface area contributed by atoms with Crippen LogP contribution in [0.2, 0.25) is 0 Å². The van der Waals surface area contributed by atoms with Crippen LogP contribution in [0.3, 0.4) is 0 Å². The number of nitrogens with one attached hydrogen (secondary N) is 1. The van der Waals surface area contributed by atoms with Crippen molar-refractivity contribution in [2.75, 3.05) is 12.4 Å². The molecule has 0 atom stereocenters. The maximum Gasteiger partial charge on any atom is 0.223 e. The Hall–Kier alpha value is -3.21. The molecule has 3 heterocycles. The molecule has 24 heavy (non-hydrogen) atoms. The number of rotatable bonds is 3. The van der Waals surface area contributed by atoms with Gasteiger partial charge in [0.25, 0.3) is 0 Å². The first-order valence-electron chi connectivity index (χ1n) is 7.78. The molecule has 118 valence electrons. The van der Waals surface area contributed by atoms with Crippen LogP contribution in [0.1, 0.15) is 0 Å². The van der Waals surface area contributed by atoms with Gasteiger partial charge in [-0.3, -0.25) is 4.98 Å². The van der Waals surface area contributed by atoms with Gasteiger partial charge in [-0.15, -0.1) is 0 Å². The average molecular weight is 315 g/mol. The normalized spacial score (nSPS) is 10.9. The third-order valence-electron chi connectivity index (χ3n) is 4.09. The van der Waals surface area contributed by atoms with Crippen LogP contribution in [0.5, 0.6) is 0 Å². The molecule has 0 bridgehead atoms. The first-order valence-corrected chi connectivity index (χ1v) is 7.78.